The van der Waals surface area contributed by atoms with Crippen molar-refractivity contribution in [3.05, 3.63) is 23.8 Å². The Morgan fingerprint density at radius 2 is 1.83 bits per heavy atom. The third kappa shape index (κ3) is 3.06. The summed E-state index contributed by atoms with van der Waals surface area (Å²) in [4.78, 5) is 37.2. The second-order valence-corrected chi connectivity index (χ2v) is 6.72. The van der Waals surface area contributed by atoms with E-state index >= 15 is 0 Å². The number of hydrogen-bond acceptors (Lipinski definition) is 4. The van der Waals surface area contributed by atoms with Crippen LogP contribution < -0.4 is 10.1 Å². The fourth-order valence-electron chi connectivity index (χ4n) is 3.00. The van der Waals surface area contributed by atoms with Gasteiger partial charge in [-0.15, -0.1) is 0 Å². The number of aliphatic carboxylic acids is 1. The standard InChI is InChI=1S/C17H22N2O5/c1-17(2)12(13(17)16(22)23)14(20)18-9-6-7-11(24-5)10(8-9)15(21)19(3)4/h6-8,12-13H,1-5H3,(H,18,20)(H,22,23)/t12-,13-/m1/s1. The topological polar surface area (TPSA) is 95.9 Å². The second-order valence-electron chi connectivity index (χ2n) is 6.72. The highest BCUT2D eigenvalue weighted by Crippen LogP contribution is 2.58. The first-order valence-corrected chi connectivity index (χ1v) is 7.54. The lowest BCUT2D eigenvalue weighted by atomic mass is 10.1. The summed E-state index contributed by atoms with van der Waals surface area (Å²) in [5, 5.41) is 11.9. The molecule has 1 aliphatic rings. The Bertz CT molecular complexity index is 696. The number of carboxylic acid groups (broad SMARTS) is 1. The summed E-state index contributed by atoms with van der Waals surface area (Å²) in [5.41, 5.74) is 0.174. The van der Waals surface area contributed by atoms with Crippen LogP contribution in [0.5, 0.6) is 5.75 Å². The van der Waals surface area contributed by atoms with Gasteiger partial charge in [-0.05, 0) is 23.6 Å². The van der Waals surface area contributed by atoms with Gasteiger partial charge < -0.3 is 20.1 Å². The van der Waals surface area contributed by atoms with E-state index in [2.05, 4.69) is 5.32 Å². The number of ether oxygens (including phenoxy) is 1. The number of amides is 2. The maximum absolute atomic E-state index is 12.4. The smallest absolute Gasteiger partial charge is 0.307 e. The van der Waals surface area contributed by atoms with Crippen molar-refractivity contribution in [3.8, 4) is 5.75 Å². The predicted octanol–water partition coefficient (Wildman–Crippen LogP) is 1.69. The van der Waals surface area contributed by atoms with E-state index in [4.69, 9.17) is 4.74 Å². The van der Waals surface area contributed by atoms with Crippen LogP contribution in [-0.2, 0) is 9.59 Å². The molecular weight excluding hydrogens is 312 g/mol. The summed E-state index contributed by atoms with van der Waals surface area (Å²) >= 11 is 0. The number of nitrogens with zero attached hydrogens (tertiary/aromatic N) is 1. The number of hydrogen-bond donors (Lipinski definition) is 2. The summed E-state index contributed by atoms with van der Waals surface area (Å²) in [6.07, 6.45) is 0. The lowest BCUT2D eigenvalue weighted by Crippen LogP contribution is -2.23. The van der Waals surface area contributed by atoms with Gasteiger partial charge in [0.15, 0.2) is 0 Å². The number of anilines is 1. The van der Waals surface area contributed by atoms with E-state index in [0.717, 1.165) is 0 Å². The van der Waals surface area contributed by atoms with Gasteiger partial charge in [-0.1, -0.05) is 13.8 Å². The monoisotopic (exact) mass is 334 g/mol. The average molecular weight is 334 g/mol. The van der Waals surface area contributed by atoms with Crippen molar-refractivity contribution in [2.24, 2.45) is 17.3 Å². The number of benzene rings is 1. The van der Waals surface area contributed by atoms with Crippen molar-refractivity contribution < 1.29 is 24.2 Å². The van der Waals surface area contributed by atoms with E-state index < -0.39 is 23.2 Å². The Morgan fingerprint density at radius 3 is 2.29 bits per heavy atom. The molecule has 1 fully saturated rings. The molecule has 0 unspecified atom stereocenters. The maximum atomic E-state index is 12.4. The molecule has 2 N–H and O–H groups in total. The molecule has 0 radical (unpaired) electrons. The average Bonchev–Trinajstić information content (AvgIpc) is 3.09. The Morgan fingerprint density at radius 1 is 1.21 bits per heavy atom. The first-order chi connectivity index (χ1) is 11.1. The largest absolute Gasteiger partial charge is 0.496 e. The minimum atomic E-state index is -0.974. The first-order valence-electron chi connectivity index (χ1n) is 7.54. The van der Waals surface area contributed by atoms with Crippen molar-refractivity contribution in [2.45, 2.75) is 13.8 Å². The molecule has 7 heteroatoms. The van der Waals surface area contributed by atoms with Crippen LogP contribution >= 0.6 is 0 Å². The number of carboxylic acids is 1. The Kier molecular flexibility index (Phi) is 4.55. The van der Waals surface area contributed by atoms with E-state index in [1.54, 1.807) is 40.1 Å². The molecule has 2 rings (SSSR count). The van der Waals surface area contributed by atoms with Crippen LogP contribution in [0.15, 0.2) is 18.2 Å². The van der Waals surface area contributed by atoms with Gasteiger partial charge in [0.25, 0.3) is 5.91 Å². The molecule has 1 saturated carbocycles. The summed E-state index contributed by atoms with van der Waals surface area (Å²) in [5.74, 6) is -2.47. The molecule has 24 heavy (non-hydrogen) atoms. The van der Waals surface area contributed by atoms with Gasteiger partial charge in [-0.2, -0.15) is 0 Å². The highest BCUT2D eigenvalue weighted by molar-refractivity contribution is 6.02. The van der Waals surface area contributed by atoms with Crippen molar-refractivity contribution >= 4 is 23.5 Å². The zero-order valence-corrected chi connectivity index (χ0v) is 14.4. The minimum Gasteiger partial charge on any atom is -0.496 e. The number of carbonyl (C=O) groups excluding carboxylic acids is 2. The van der Waals surface area contributed by atoms with Gasteiger partial charge >= 0.3 is 5.97 Å². The van der Waals surface area contributed by atoms with Crippen LogP contribution in [0.3, 0.4) is 0 Å². The number of nitrogens with one attached hydrogen (secondary N) is 1. The van der Waals surface area contributed by atoms with Crippen LogP contribution in [0.25, 0.3) is 0 Å². The zero-order valence-electron chi connectivity index (χ0n) is 14.4. The fraction of sp³-hybridized carbons (Fsp3) is 0.471. The number of methoxy groups -OCH3 is 1. The summed E-state index contributed by atoms with van der Waals surface area (Å²) in [7, 11) is 4.71. The molecule has 1 aliphatic carbocycles. The van der Waals surface area contributed by atoms with Gasteiger partial charge in [0.05, 0.1) is 24.5 Å². The van der Waals surface area contributed by atoms with Gasteiger partial charge in [-0.3, -0.25) is 14.4 Å². The van der Waals surface area contributed by atoms with Gasteiger partial charge in [-0.25, -0.2) is 0 Å². The molecule has 2 amide bonds. The van der Waals surface area contributed by atoms with Gasteiger partial charge in [0, 0.05) is 19.8 Å². The molecule has 0 spiro atoms. The van der Waals surface area contributed by atoms with Crippen LogP contribution in [0.4, 0.5) is 5.69 Å². The molecule has 0 saturated heterocycles. The first kappa shape index (κ1) is 17.8. The normalized spacial score (nSPS) is 20.9. The molecule has 130 valence electrons. The second kappa shape index (κ2) is 6.14. The van der Waals surface area contributed by atoms with E-state index in [1.807, 2.05) is 0 Å². The summed E-state index contributed by atoms with van der Waals surface area (Å²) in [6.45, 7) is 3.51. The molecule has 2 atom stereocenters. The minimum absolute atomic E-state index is 0.252. The third-order valence-corrected chi connectivity index (χ3v) is 4.48. The molecular formula is C17H22N2O5. The van der Waals surface area contributed by atoms with Crippen LogP contribution in [0, 0.1) is 17.3 Å². The number of rotatable bonds is 5. The van der Waals surface area contributed by atoms with Crippen molar-refractivity contribution in [2.75, 3.05) is 26.5 Å². The molecule has 1 aromatic carbocycles. The van der Waals surface area contributed by atoms with Crippen molar-refractivity contribution in [3.63, 3.8) is 0 Å². The lowest BCUT2D eigenvalue weighted by molar-refractivity contribution is -0.140. The third-order valence-electron chi connectivity index (χ3n) is 4.48. The van der Waals surface area contributed by atoms with E-state index in [9.17, 15) is 19.5 Å². The molecule has 0 heterocycles. The highest BCUT2D eigenvalue weighted by atomic mass is 16.5. The molecule has 1 aromatic rings. The lowest BCUT2D eigenvalue weighted by Gasteiger charge is -2.15. The summed E-state index contributed by atoms with van der Waals surface area (Å²) in [6, 6.07) is 4.75. The van der Waals surface area contributed by atoms with Gasteiger partial charge in [0.2, 0.25) is 5.91 Å². The van der Waals surface area contributed by atoms with E-state index in [1.165, 1.54) is 18.1 Å². The zero-order chi connectivity index (χ0) is 18.2. The van der Waals surface area contributed by atoms with Crippen LogP contribution in [-0.4, -0.2) is 49.0 Å². The molecule has 0 bridgehead atoms. The highest BCUT2D eigenvalue weighted by Gasteiger charge is 2.65. The SMILES string of the molecule is COc1ccc(NC(=O)[C@H]2[C@H](C(=O)O)C2(C)C)cc1C(=O)N(C)C. The Balaban J connectivity index is 2.22. The predicted molar refractivity (Wildman–Crippen MR) is 88.0 cm³/mol. The number of carbonyl (C=O) groups is 3. The maximum Gasteiger partial charge on any atom is 0.307 e. The summed E-state index contributed by atoms with van der Waals surface area (Å²) < 4.78 is 5.18. The quantitative estimate of drug-likeness (QED) is 0.854. The van der Waals surface area contributed by atoms with Crippen molar-refractivity contribution in [1.29, 1.82) is 0 Å². The van der Waals surface area contributed by atoms with Crippen LogP contribution in [0.2, 0.25) is 0 Å². The molecule has 0 aromatic heterocycles. The Hall–Kier alpha value is -2.57. The van der Waals surface area contributed by atoms with E-state index in [-0.39, 0.29) is 11.8 Å². The molecule has 0 aliphatic heterocycles. The van der Waals surface area contributed by atoms with Crippen LogP contribution in [0.1, 0.15) is 24.2 Å². The molecule has 7 nitrogen and oxygen atoms in total. The van der Waals surface area contributed by atoms with E-state index in [0.29, 0.717) is 17.0 Å². The fourth-order valence-corrected chi connectivity index (χ4v) is 3.00. The Labute approximate surface area is 140 Å². The van der Waals surface area contributed by atoms with Gasteiger partial charge in [0.1, 0.15) is 5.75 Å². The van der Waals surface area contributed by atoms with Crippen molar-refractivity contribution in [1.82, 2.24) is 4.90 Å².